The van der Waals surface area contributed by atoms with Gasteiger partial charge in [-0.2, -0.15) is 0 Å². The lowest BCUT2D eigenvalue weighted by Gasteiger charge is -2.05. The van der Waals surface area contributed by atoms with Crippen molar-refractivity contribution < 1.29 is 0 Å². The highest BCUT2D eigenvalue weighted by Crippen LogP contribution is 2.16. The molecule has 0 bridgehead atoms. The highest BCUT2D eigenvalue weighted by molar-refractivity contribution is 9.09. The van der Waals surface area contributed by atoms with E-state index in [1.165, 1.54) is 24.3 Å². The van der Waals surface area contributed by atoms with Crippen LogP contribution in [-0.4, -0.2) is 9.81 Å². The predicted octanol–water partition coefficient (Wildman–Crippen LogP) is 3.64. The molecule has 0 aromatic carbocycles. The second kappa shape index (κ2) is 5.70. The van der Waals surface area contributed by atoms with Crippen LogP contribution in [0.15, 0.2) is 11.6 Å². The minimum Gasteiger partial charge on any atom is -0.250 e. The molecule has 1 aromatic heterocycles. The molecule has 0 amide bonds. The minimum atomic E-state index is 0.673. The SMILES string of the molecule is CCCC(Br)CCc1nccs1. The van der Waals surface area contributed by atoms with E-state index in [4.69, 9.17) is 0 Å². The van der Waals surface area contributed by atoms with Gasteiger partial charge in [0.15, 0.2) is 0 Å². The molecule has 0 radical (unpaired) electrons. The third kappa shape index (κ3) is 3.68. The van der Waals surface area contributed by atoms with Crippen LogP contribution in [0.5, 0.6) is 0 Å². The van der Waals surface area contributed by atoms with Gasteiger partial charge in [0, 0.05) is 22.8 Å². The highest BCUT2D eigenvalue weighted by atomic mass is 79.9. The van der Waals surface area contributed by atoms with Gasteiger partial charge in [-0.25, -0.2) is 4.98 Å². The predicted molar refractivity (Wildman–Crippen MR) is 58.1 cm³/mol. The van der Waals surface area contributed by atoms with Crippen LogP contribution in [0.25, 0.3) is 0 Å². The molecule has 1 unspecified atom stereocenters. The standard InChI is InChI=1S/C9H14BrNS/c1-2-3-8(10)4-5-9-11-6-7-12-9/h6-8H,2-5H2,1H3. The molecule has 0 aliphatic heterocycles. The zero-order valence-electron chi connectivity index (χ0n) is 7.29. The number of alkyl halides is 1. The second-order valence-corrected chi connectivity index (χ2v) is 5.12. The van der Waals surface area contributed by atoms with Gasteiger partial charge in [0.2, 0.25) is 0 Å². The fourth-order valence-electron chi connectivity index (χ4n) is 1.11. The van der Waals surface area contributed by atoms with E-state index in [0.717, 1.165) is 6.42 Å². The first-order valence-corrected chi connectivity index (χ1v) is 6.15. The van der Waals surface area contributed by atoms with Crippen LogP contribution in [-0.2, 0) is 6.42 Å². The third-order valence-corrected chi connectivity index (χ3v) is 3.51. The fraction of sp³-hybridized carbons (Fsp3) is 0.667. The van der Waals surface area contributed by atoms with E-state index < -0.39 is 0 Å². The Kier molecular flexibility index (Phi) is 4.84. The van der Waals surface area contributed by atoms with Crippen molar-refractivity contribution >= 4 is 27.3 Å². The monoisotopic (exact) mass is 247 g/mol. The maximum Gasteiger partial charge on any atom is 0.0925 e. The smallest absolute Gasteiger partial charge is 0.0925 e. The van der Waals surface area contributed by atoms with Crippen molar-refractivity contribution in [3.63, 3.8) is 0 Å². The number of thiazole rings is 1. The lowest BCUT2D eigenvalue weighted by atomic mass is 10.2. The van der Waals surface area contributed by atoms with Crippen LogP contribution in [0.3, 0.4) is 0 Å². The second-order valence-electron chi connectivity index (χ2n) is 2.85. The molecule has 0 aliphatic carbocycles. The van der Waals surface area contributed by atoms with Crippen molar-refractivity contribution in [2.45, 2.75) is 37.4 Å². The summed E-state index contributed by atoms with van der Waals surface area (Å²) in [6.07, 6.45) is 6.73. The van der Waals surface area contributed by atoms with E-state index in [1.807, 2.05) is 11.6 Å². The summed E-state index contributed by atoms with van der Waals surface area (Å²) >= 11 is 5.41. The number of rotatable bonds is 5. The highest BCUT2D eigenvalue weighted by Gasteiger charge is 2.03. The first kappa shape index (κ1) is 10.2. The lowest BCUT2D eigenvalue weighted by molar-refractivity contribution is 0.691. The quantitative estimate of drug-likeness (QED) is 0.725. The van der Waals surface area contributed by atoms with E-state index in [2.05, 4.69) is 27.8 Å². The molecule has 0 fully saturated rings. The number of hydrogen-bond acceptors (Lipinski definition) is 2. The molecule has 1 rings (SSSR count). The minimum absolute atomic E-state index is 0.673. The van der Waals surface area contributed by atoms with Crippen molar-refractivity contribution in [3.05, 3.63) is 16.6 Å². The number of nitrogens with zero attached hydrogens (tertiary/aromatic N) is 1. The Labute approximate surface area is 86.3 Å². The van der Waals surface area contributed by atoms with E-state index in [-0.39, 0.29) is 0 Å². The topological polar surface area (TPSA) is 12.9 Å². The summed E-state index contributed by atoms with van der Waals surface area (Å²) in [6, 6.07) is 0. The Bertz CT molecular complexity index is 198. The van der Waals surface area contributed by atoms with Gasteiger partial charge in [0.1, 0.15) is 0 Å². The van der Waals surface area contributed by atoms with Gasteiger partial charge < -0.3 is 0 Å². The first-order valence-electron chi connectivity index (χ1n) is 4.35. The molecule has 0 aliphatic rings. The summed E-state index contributed by atoms with van der Waals surface area (Å²) < 4.78 is 0. The van der Waals surface area contributed by atoms with Gasteiger partial charge in [-0.3, -0.25) is 0 Å². The Morgan fingerprint density at radius 3 is 3.00 bits per heavy atom. The molecule has 1 heterocycles. The average Bonchev–Trinajstić information content (AvgIpc) is 2.53. The lowest BCUT2D eigenvalue weighted by Crippen LogP contribution is -1.98. The maximum atomic E-state index is 4.25. The number of aromatic nitrogens is 1. The summed E-state index contributed by atoms with van der Waals surface area (Å²) in [4.78, 5) is 4.92. The number of hydrogen-bond donors (Lipinski definition) is 0. The molecular formula is C9H14BrNS. The van der Waals surface area contributed by atoms with E-state index >= 15 is 0 Å². The Hall–Kier alpha value is 0.110. The Morgan fingerprint density at radius 2 is 2.42 bits per heavy atom. The molecule has 68 valence electrons. The van der Waals surface area contributed by atoms with Crippen molar-refractivity contribution in [3.8, 4) is 0 Å². The molecule has 3 heteroatoms. The summed E-state index contributed by atoms with van der Waals surface area (Å²) in [7, 11) is 0. The molecule has 1 atom stereocenters. The van der Waals surface area contributed by atoms with Crippen molar-refractivity contribution in [2.75, 3.05) is 0 Å². The molecule has 0 spiro atoms. The Balaban J connectivity index is 2.17. The average molecular weight is 248 g/mol. The number of aryl methyl sites for hydroxylation is 1. The van der Waals surface area contributed by atoms with Gasteiger partial charge in [-0.15, -0.1) is 11.3 Å². The van der Waals surface area contributed by atoms with Crippen molar-refractivity contribution in [2.24, 2.45) is 0 Å². The van der Waals surface area contributed by atoms with Gasteiger partial charge in [0.25, 0.3) is 0 Å². The van der Waals surface area contributed by atoms with Crippen LogP contribution in [0, 0.1) is 0 Å². The first-order chi connectivity index (χ1) is 5.83. The molecule has 1 nitrogen and oxygen atoms in total. The summed E-state index contributed by atoms with van der Waals surface area (Å²) in [6.45, 7) is 2.22. The molecular weight excluding hydrogens is 234 g/mol. The fourth-order valence-corrected chi connectivity index (χ4v) is 2.44. The van der Waals surface area contributed by atoms with E-state index in [0.29, 0.717) is 4.83 Å². The Morgan fingerprint density at radius 1 is 1.58 bits per heavy atom. The third-order valence-electron chi connectivity index (χ3n) is 1.76. The zero-order valence-corrected chi connectivity index (χ0v) is 9.70. The van der Waals surface area contributed by atoms with Gasteiger partial charge in [-0.1, -0.05) is 29.3 Å². The normalized spacial score (nSPS) is 13.2. The van der Waals surface area contributed by atoms with Gasteiger partial charge in [0.05, 0.1) is 5.01 Å². The van der Waals surface area contributed by atoms with Gasteiger partial charge in [-0.05, 0) is 12.8 Å². The van der Waals surface area contributed by atoms with Gasteiger partial charge >= 0.3 is 0 Å². The van der Waals surface area contributed by atoms with Crippen molar-refractivity contribution in [1.29, 1.82) is 0 Å². The van der Waals surface area contributed by atoms with Crippen LogP contribution in [0.1, 0.15) is 31.2 Å². The summed E-state index contributed by atoms with van der Waals surface area (Å²) in [5, 5.41) is 3.30. The van der Waals surface area contributed by atoms with Crippen LogP contribution < -0.4 is 0 Å². The maximum absolute atomic E-state index is 4.25. The molecule has 0 saturated heterocycles. The molecule has 12 heavy (non-hydrogen) atoms. The number of halogens is 1. The summed E-state index contributed by atoms with van der Waals surface area (Å²) in [5.74, 6) is 0. The zero-order chi connectivity index (χ0) is 8.81. The molecule has 1 aromatic rings. The van der Waals surface area contributed by atoms with Crippen LogP contribution >= 0.6 is 27.3 Å². The molecule has 0 saturated carbocycles. The van der Waals surface area contributed by atoms with Crippen LogP contribution in [0.2, 0.25) is 0 Å². The van der Waals surface area contributed by atoms with E-state index in [1.54, 1.807) is 11.3 Å². The molecule has 0 N–H and O–H groups in total. The van der Waals surface area contributed by atoms with E-state index in [9.17, 15) is 0 Å². The summed E-state index contributed by atoms with van der Waals surface area (Å²) in [5.41, 5.74) is 0. The van der Waals surface area contributed by atoms with Crippen LogP contribution in [0.4, 0.5) is 0 Å². The largest absolute Gasteiger partial charge is 0.250 e. The van der Waals surface area contributed by atoms with Crippen molar-refractivity contribution in [1.82, 2.24) is 4.98 Å².